The smallest absolute Gasteiger partial charge is 0.341 e. The van der Waals surface area contributed by atoms with Crippen LogP contribution in [0.25, 0.3) is 0 Å². The number of carbonyl (C=O) groups is 1. The molecule has 2 aromatic heterocycles. The molecule has 1 N–H and O–H groups in total. The third kappa shape index (κ3) is 2.19. The quantitative estimate of drug-likeness (QED) is 0.740. The summed E-state index contributed by atoms with van der Waals surface area (Å²) in [4.78, 5) is 23.8. The van der Waals surface area contributed by atoms with E-state index in [9.17, 15) is 9.59 Å². The van der Waals surface area contributed by atoms with Crippen molar-refractivity contribution in [2.45, 2.75) is 6.54 Å². The van der Waals surface area contributed by atoms with E-state index in [-0.39, 0.29) is 12.1 Å². The van der Waals surface area contributed by atoms with E-state index in [4.69, 9.17) is 5.11 Å². The molecule has 0 bridgehead atoms. The second-order valence-electron chi connectivity index (χ2n) is 3.36. The Morgan fingerprint density at radius 2 is 2.29 bits per heavy atom. The summed E-state index contributed by atoms with van der Waals surface area (Å²) < 4.78 is 1.22. The maximum absolute atomic E-state index is 11.7. The van der Waals surface area contributed by atoms with Gasteiger partial charge in [0.1, 0.15) is 5.56 Å². The standard InChI is InChI=1S/C9H9N5O3/c1-13-11-7(10-12-13)5-14-4-2-3-6(8(14)15)9(16)17/h2-4H,5H2,1H3,(H,16,17). The Morgan fingerprint density at radius 1 is 1.53 bits per heavy atom. The molecule has 2 heterocycles. The minimum Gasteiger partial charge on any atom is -0.477 e. The van der Waals surface area contributed by atoms with Gasteiger partial charge >= 0.3 is 5.97 Å². The number of pyridine rings is 1. The van der Waals surface area contributed by atoms with E-state index < -0.39 is 11.5 Å². The molecule has 8 nitrogen and oxygen atoms in total. The predicted molar refractivity (Wildman–Crippen MR) is 55.6 cm³/mol. The van der Waals surface area contributed by atoms with Crippen molar-refractivity contribution in [3.05, 3.63) is 40.1 Å². The largest absolute Gasteiger partial charge is 0.477 e. The van der Waals surface area contributed by atoms with Crippen LogP contribution in [0.5, 0.6) is 0 Å². The second kappa shape index (κ2) is 4.16. The Kier molecular flexibility index (Phi) is 2.69. The van der Waals surface area contributed by atoms with E-state index in [1.807, 2.05) is 0 Å². The first-order valence-corrected chi connectivity index (χ1v) is 4.73. The van der Waals surface area contributed by atoms with Crippen LogP contribution in [-0.2, 0) is 13.6 Å². The first-order valence-electron chi connectivity index (χ1n) is 4.73. The molecule has 17 heavy (non-hydrogen) atoms. The molecule has 0 aromatic carbocycles. The number of nitrogens with zero attached hydrogens (tertiary/aromatic N) is 5. The van der Waals surface area contributed by atoms with Crippen LogP contribution in [0.1, 0.15) is 16.2 Å². The zero-order chi connectivity index (χ0) is 12.4. The van der Waals surface area contributed by atoms with Gasteiger partial charge in [-0.25, -0.2) is 4.79 Å². The minimum atomic E-state index is -1.25. The molecule has 2 rings (SSSR count). The average Bonchev–Trinajstić information content (AvgIpc) is 2.67. The number of carboxylic acid groups (broad SMARTS) is 1. The maximum atomic E-state index is 11.7. The summed E-state index contributed by atoms with van der Waals surface area (Å²) >= 11 is 0. The number of aryl methyl sites for hydroxylation is 1. The van der Waals surface area contributed by atoms with E-state index in [1.54, 1.807) is 7.05 Å². The van der Waals surface area contributed by atoms with Crippen LogP contribution >= 0.6 is 0 Å². The summed E-state index contributed by atoms with van der Waals surface area (Å²) in [6.07, 6.45) is 1.48. The summed E-state index contributed by atoms with van der Waals surface area (Å²) in [5.74, 6) is -0.909. The van der Waals surface area contributed by atoms with Gasteiger partial charge in [0.05, 0.1) is 13.6 Å². The summed E-state index contributed by atoms with van der Waals surface area (Å²) in [5, 5.41) is 20.1. The fourth-order valence-electron chi connectivity index (χ4n) is 1.36. The van der Waals surface area contributed by atoms with Gasteiger partial charge in [-0.1, -0.05) is 0 Å². The van der Waals surface area contributed by atoms with E-state index in [0.29, 0.717) is 5.82 Å². The zero-order valence-electron chi connectivity index (χ0n) is 8.94. The lowest BCUT2D eigenvalue weighted by Gasteiger charge is -2.02. The van der Waals surface area contributed by atoms with Gasteiger partial charge in [0.25, 0.3) is 5.56 Å². The van der Waals surface area contributed by atoms with Crippen molar-refractivity contribution in [3.63, 3.8) is 0 Å². The van der Waals surface area contributed by atoms with Crippen molar-refractivity contribution in [1.29, 1.82) is 0 Å². The summed E-state index contributed by atoms with van der Waals surface area (Å²) in [6.45, 7) is 0.0911. The first-order chi connectivity index (χ1) is 8.08. The Morgan fingerprint density at radius 3 is 2.88 bits per heavy atom. The van der Waals surface area contributed by atoms with E-state index in [2.05, 4.69) is 15.4 Å². The number of tetrazole rings is 1. The maximum Gasteiger partial charge on any atom is 0.341 e. The number of rotatable bonds is 3. The van der Waals surface area contributed by atoms with Crippen LogP contribution in [-0.4, -0.2) is 35.9 Å². The fraction of sp³-hybridized carbons (Fsp3) is 0.222. The normalized spacial score (nSPS) is 10.4. The van der Waals surface area contributed by atoms with E-state index >= 15 is 0 Å². The van der Waals surface area contributed by atoms with Crippen LogP contribution in [0.4, 0.5) is 0 Å². The van der Waals surface area contributed by atoms with Crippen LogP contribution in [0.2, 0.25) is 0 Å². The van der Waals surface area contributed by atoms with Crippen LogP contribution in [0.3, 0.4) is 0 Å². The molecule has 0 aliphatic heterocycles. The molecule has 0 radical (unpaired) electrons. The van der Waals surface area contributed by atoms with Crippen molar-refractivity contribution >= 4 is 5.97 Å². The van der Waals surface area contributed by atoms with Gasteiger partial charge in [-0.2, -0.15) is 4.80 Å². The summed E-state index contributed by atoms with van der Waals surface area (Å²) in [7, 11) is 1.60. The monoisotopic (exact) mass is 235 g/mol. The summed E-state index contributed by atoms with van der Waals surface area (Å²) in [6, 6.07) is 2.74. The van der Waals surface area contributed by atoms with Crippen LogP contribution in [0, 0.1) is 0 Å². The molecule has 0 saturated heterocycles. The van der Waals surface area contributed by atoms with Crippen molar-refractivity contribution in [3.8, 4) is 0 Å². The molecular weight excluding hydrogens is 226 g/mol. The lowest BCUT2D eigenvalue weighted by atomic mass is 10.3. The van der Waals surface area contributed by atoms with Crippen molar-refractivity contribution < 1.29 is 9.90 Å². The molecule has 0 atom stereocenters. The number of hydrogen-bond acceptors (Lipinski definition) is 5. The van der Waals surface area contributed by atoms with Gasteiger partial charge in [0.2, 0.25) is 0 Å². The van der Waals surface area contributed by atoms with Crippen molar-refractivity contribution in [2.24, 2.45) is 7.05 Å². The van der Waals surface area contributed by atoms with E-state index in [1.165, 1.54) is 27.7 Å². The van der Waals surface area contributed by atoms with Crippen molar-refractivity contribution in [2.75, 3.05) is 0 Å². The van der Waals surface area contributed by atoms with E-state index in [0.717, 1.165) is 0 Å². The predicted octanol–water partition coefficient (Wildman–Crippen LogP) is -0.882. The number of aromatic carboxylic acids is 1. The molecule has 0 amide bonds. The summed E-state index contributed by atoms with van der Waals surface area (Å²) in [5.41, 5.74) is -0.871. The number of aromatic nitrogens is 5. The van der Waals surface area contributed by atoms with Crippen LogP contribution < -0.4 is 5.56 Å². The third-order valence-electron chi connectivity index (χ3n) is 2.11. The topological polar surface area (TPSA) is 103 Å². The van der Waals surface area contributed by atoms with Gasteiger partial charge in [0.15, 0.2) is 5.82 Å². The Balaban J connectivity index is 2.37. The fourth-order valence-corrected chi connectivity index (χ4v) is 1.36. The SMILES string of the molecule is Cn1nnc(Cn2cccc(C(=O)O)c2=O)n1. The number of hydrogen-bond donors (Lipinski definition) is 1. The molecule has 0 spiro atoms. The average molecular weight is 235 g/mol. The molecule has 0 unspecified atom stereocenters. The zero-order valence-corrected chi connectivity index (χ0v) is 8.94. The molecule has 2 aromatic rings. The number of carboxylic acids is 1. The van der Waals surface area contributed by atoms with Crippen LogP contribution in [0.15, 0.2) is 23.1 Å². The van der Waals surface area contributed by atoms with Gasteiger partial charge in [-0.3, -0.25) is 4.79 Å². The highest BCUT2D eigenvalue weighted by Gasteiger charge is 2.11. The molecule has 0 fully saturated rings. The lowest BCUT2D eigenvalue weighted by molar-refractivity contribution is 0.0694. The van der Waals surface area contributed by atoms with Gasteiger partial charge in [-0.05, 0) is 17.3 Å². The Labute approximate surface area is 95.1 Å². The molecule has 0 aliphatic rings. The molecule has 0 saturated carbocycles. The lowest BCUT2D eigenvalue weighted by Crippen LogP contribution is -2.26. The molecule has 88 valence electrons. The van der Waals surface area contributed by atoms with Gasteiger partial charge < -0.3 is 9.67 Å². The first kappa shape index (κ1) is 11.0. The highest BCUT2D eigenvalue weighted by atomic mass is 16.4. The third-order valence-corrected chi connectivity index (χ3v) is 2.11. The highest BCUT2D eigenvalue weighted by molar-refractivity contribution is 5.86. The van der Waals surface area contributed by atoms with Crippen molar-refractivity contribution in [1.82, 2.24) is 24.8 Å². The highest BCUT2D eigenvalue weighted by Crippen LogP contribution is 1.95. The Bertz CT molecular complexity index is 615. The second-order valence-corrected chi connectivity index (χ2v) is 3.36. The molecule has 8 heteroatoms. The molecule has 0 aliphatic carbocycles. The van der Waals surface area contributed by atoms with Gasteiger partial charge in [0, 0.05) is 6.20 Å². The minimum absolute atomic E-state index is 0.0911. The van der Waals surface area contributed by atoms with Gasteiger partial charge in [-0.15, -0.1) is 10.2 Å². The molecular formula is C9H9N5O3. The Hall–Kier alpha value is -2.51.